The highest BCUT2D eigenvalue weighted by molar-refractivity contribution is 5.72. The van der Waals surface area contributed by atoms with Gasteiger partial charge in [0.05, 0.1) is 13.0 Å². The minimum absolute atomic E-state index is 0.0166. The Morgan fingerprint density at radius 3 is 2.76 bits per heavy atom. The van der Waals surface area contributed by atoms with Crippen LogP contribution in [0.15, 0.2) is 12.4 Å². The van der Waals surface area contributed by atoms with Gasteiger partial charge in [0, 0.05) is 18.4 Å². The average molecular weight is 235 g/mol. The van der Waals surface area contributed by atoms with E-state index in [2.05, 4.69) is 15.3 Å². The molecule has 1 heterocycles. The Hall–Kier alpha value is -1.65. The maximum Gasteiger partial charge on any atom is 0.308 e. The Morgan fingerprint density at radius 2 is 2.12 bits per heavy atom. The standard InChI is InChI=1S/C12H17N3O2/c1-8-6-13-12(14-7-8)15-10-4-3-9(5-10)11(16)17-2/h6-7,9-10H,3-5H2,1-2H3,(H,13,14,15)/t9-,10+/m0/s1. The summed E-state index contributed by atoms with van der Waals surface area (Å²) in [4.78, 5) is 19.8. The molecule has 1 aliphatic carbocycles. The van der Waals surface area contributed by atoms with E-state index < -0.39 is 0 Å². The second kappa shape index (κ2) is 5.12. The molecule has 0 bridgehead atoms. The summed E-state index contributed by atoms with van der Waals surface area (Å²) >= 11 is 0. The molecule has 0 amide bonds. The van der Waals surface area contributed by atoms with E-state index in [1.165, 1.54) is 7.11 Å². The fraction of sp³-hybridized carbons (Fsp3) is 0.583. The normalized spacial score (nSPS) is 23.4. The van der Waals surface area contributed by atoms with Gasteiger partial charge in [-0.3, -0.25) is 4.79 Å². The maximum absolute atomic E-state index is 11.4. The first-order chi connectivity index (χ1) is 8.19. The third kappa shape index (κ3) is 2.93. The number of carbonyl (C=O) groups excluding carboxylic acids is 1. The van der Waals surface area contributed by atoms with Gasteiger partial charge >= 0.3 is 5.97 Å². The summed E-state index contributed by atoms with van der Waals surface area (Å²) in [5, 5.41) is 3.25. The molecule has 0 saturated heterocycles. The molecule has 1 saturated carbocycles. The Morgan fingerprint density at radius 1 is 1.41 bits per heavy atom. The lowest BCUT2D eigenvalue weighted by atomic mass is 10.1. The second-order valence-electron chi connectivity index (χ2n) is 4.46. The minimum Gasteiger partial charge on any atom is -0.469 e. The molecule has 0 aromatic carbocycles. The van der Waals surface area contributed by atoms with E-state index in [4.69, 9.17) is 4.74 Å². The number of aryl methyl sites for hydroxylation is 1. The van der Waals surface area contributed by atoms with Gasteiger partial charge in [0.1, 0.15) is 0 Å². The predicted octanol–water partition coefficient (Wildman–Crippen LogP) is 1.54. The van der Waals surface area contributed by atoms with Gasteiger partial charge in [0.25, 0.3) is 0 Å². The van der Waals surface area contributed by atoms with Crippen molar-refractivity contribution in [1.82, 2.24) is 9.97 Å². The van der Waals surface area contributed by atoms with Gasteiger partial charge in [-0.15, -0.1) is 0 Å². The smallest absolute Gasteiger partial charge is 0.308 e. The highest BCUT2D eigenvalue weighted by Gasteiger charge is 2.30. The predicted molar refractivity (Wildman–Crippen MR) is 63.5 cm³/mol. The highest BCUT2D eigenvalue weighted by Crippen LogP contribution is 2.28. The third-order valence-corrected chi connectivity index (χ3v) is 3.08. The fourth-order valence-electron chi connectivity index (χ4n) is 2.14. The number of carbonyl (C=O) groups is 1. The molecule has 1 fully saturated rings. The summed E-state index contributed by atoms with van der Waals surface area (Å²) in [6.45, 7) is 1.95. The summed E-state index contributed by atoms with van der Waals surface area (Å²) in [7, 11) is 1.44. The van der Waals surface area contributed by atoms with Crippen LogP contribution in [-0.4, -0.2) is 29.1 Å². The van der Waals surface area contributed by atoms with Crippen LogP contribution in [0.3, 0.4) is 0 Å². The van der Waals surface area contributed by atoms with Crippen molar-refractivity contribution in [3.05, 3.63) is 18.0 Å². The molecular formula is C12H17N3O2. The zero-order valence-corrected chi connectivity index (χ0v) is 10.1. The molecule has 0 unspecified atom stereocenters. The summed E-state index contributed by atoms with van der Waals surface area (Å²) in [5.74, 6) is 0.535. The Bertz CT molecular complexity index is 391. The second-order valence-corrected chi connectivity index (χ2v) is 4.46. The van der Waals surface area contributed by atoms with Crippen molar-refractivity contribution in [3.8, 4) is 0 Å². The van der Waals surface area contributed by atoms with Gasteiger partial charge in [-0.2, -0.15) is 0 Å². The average Bonchev–Trinajstić information content (AvgIpc) is 2.80. The van der Waals surface area contributed by atoms with Crippen LogP contribution in [0.4, 0.5) is 5.95 Å². The highest BCUT2D eigenvalue weighted by atomic mass is 16.5. The van der Waals surface area contributed by atoms with Crippen molar-refractivity contribution in [2.75, 3.05) is 12.4 Å². The van der Waals surface area contributed by atoms with Crippen LogP contribution in [0.25, 0.3) is 0 Å². The number of anilines is 1. The molecule has 1 aliphatic rings. The lowest BCUT2D eigenvalue weighted by molar-refractivity contribution is -0.145. The monoisotopic (exact) mass is 235 g/mol. The zero-order chi connectivity index (χ0) is 12.3. The topological polar surface area (TPSA) is 64.1 Å². The van der Waals surface area contributed by atoms with E-state index in [1.807, 2.05) is 6.92 Å². The Labute approximate surface area is 101 Å². The van der Waals surface area contributed by atoms with Crippen LogP contribution >= 0.6 is 0 Å². The Kier molecular flexibility index (Phi) is 3.56. The molecule has 0 radical (unpaired) electrons. The minimum atomic E-state index is -0.112. The van der Waals surface area contributed by atoms with E-state index in [0.717, 1.165) is 24.8 Å². The maximum atomic E-state index is 11.4. The van der Waals surface area contributed by atoms with Crippen molar-refractivity contribution >= 4 is 11.9 Å². The van der Waals surface area contributed by atoms with Crippen molar-refractivity contribution in [3.63, 3.8) is 0 Å². The summed E-state index contributed by atoms with van der Waals surface area (Å²) in [6, 6.07) is 0.266. The molecule has 2 rings (SSSR count). The number of nitrogens with zero attached hydrogens (tertiary/aromatic N) is 2. The number of hydrogen-bond acceptors (Lipinski definition) is 5. The molecule has 0 spiro atoms. The first-order valence-electron chi connectivity index (χ1n) is 5.82. The molecule has 1 aromatic heterocycles. The van der Waals surface area contributed by atoms with E-state index in [9.17, 15) is 4.79 Å². The van der Waals surface area contributed by atoms with E-state index in [-0.39, 0.29) is 17.9 Å². The number of ether oxygens (including phenoxy) is 1. The molecule has 1 N–H and O–H groups in total. The molecule has 17 heavy (non-hydrogen) atoms. The molecule has 1 aromatic rings. The number of hydrogen-bond donors (Lipinski definition) is 1. The van der Waals surface area contributed by atoms with Crippen molar-refractivity contribution in [2.24, 2.45) is 5.92 Å². The van der Waals surface area contributed by atoms with Crippen molar-refractivity contribution in [1.29, 1.82) is 0 Å². The summed E-state index contributed by atoms with van der Waals surface area (Å²) in [6.07, 6.45) is 6.18. The quantitative estimate of drug-likeness (QED) is 0.805. The lowest BCUT2D eigenvalue weighted by Crippen LogP contribution is -2.20. The lowest BCUT2D eigenvalue weighted by Gasteiger charge is -2.12. The van der Waals surface area contributed by atoms with Gasteiger partial charge in [-0.1, -0.05) is 0 Å². The van der Waals surface area contributed by atoms with Crippen molar-refractivity contribution < 1.29 is 9.53 Å². The Balaban J connectivity index is 1.89. The van der Waals surface area contributed by atoms with Crippen LogP contribution in [-0.2, 0) is 9.53 Å². The van der Waals surface area contributed by atoms with Crippen LogP contribution < -0.4 is 5.32 Å². The summed E-state index contributed by atoms with van der Waals surface area (Å²) in [5.41, 5.74) is 1.04. The van der Waals surface area contributed by atoms with Crippen LogP contribution in [0, 0.1) is 12.8 Å². The van der Waals surface area contributed by atoms with E-state index >= 15 is 0 Å². The van der Waals surface area contributed by atoms with E-state index in [1.54, 1.807) is 12.4 Å². The molecule has 5 heteroatoms. The molecule has 92 valence electrons. The number of methoxy groups -OCH3 is 1. The van der Waals surface area contributed by atoms with Crippen LogP contribution in [0.2, 0.25) is 0 Å². The fourth-order valence-corrected chi connectivity index (χ4v) is 2.14. The van der Waals surface area contributed by atoms with Gasteiger partial charge in [0.15, 0.2) is 0 Å². The molecule has 5 nitrogen and oxygen atoms in total. The van der Waals surface area contributed by atoms with Gasteiger partial charge in [-0.25, -0.2) is 9.97 Å². The van der Waals surface area contributed by atoms with Gasteiger partial charge in [-0.05, 0) is 31.7 Å². The van der Waals surface area contributed by atoms with Gasteiger partial charge in [0.2, 0.25) is 5.95 Å². The third-order valence-electron chi connectivity index (χ3n) is 3.08. The van der Waals surface area contributed by atoms with Crippen molar-refractivity contribution in [2.45, 2.75) is 32.2 Å². The first kappa shape index (κ1) is 11.8. The largest absolute Gasteiger partial charge is 0.469 e. The van der Waals surface area contributed by atoms with Gasteiger partial charge < -0.3 is 10.1 Å². The molecule has 2 atom stereocenters. The number of aromatic nitrogens is 2. The van der Waals surface area contributed by atoms with E-state index in [0.29, 0.717) is 5.95 Å². The number of esters is 1. The number of rotatable bonds is 3. The molecule has 0 aliphatic heterocycles. The molecular weight excluding hydrogens is 218 g/mol. The first-order valence-corrected chi connectivity index (χ1v) is 5.82. The number of nitrogens with one attached hydrogen (secondary N) is 1. The zero-order valence-electron chi connectivity index (χ0n) is 10.1. The van der Waals surface area contributed by atoms with Crippen LogP contribution in [0.1, 0.15) is 24.8 Å². The van der Waals surface area contributed by atoms with Crippen LogP contribution in [0.5, 0.6) is 0 Å². The summed E-state index contributed by atoms with van der Waals surface area (Å²) < 4.78 is 4.75. The SMILES string of the molecule is COC(=O)[C@H]1CC[C@@H](Nc2ncc(C)cn2)C1.